The van der Waals surface area contributed by atoms with E-state index in [1.165, 1.54) is 17.6 Å². The minimum Gasteiger partial charge on any atom is -0.399 e. The van der Waals surface area contributed by atoms with Crippen molar-refractivity contribution in [2.45, 2.75) is 64.9 Å². The summed E-state index contributed by atoms with van der Waals surface area (Å²) < 4.78 is 0. The van der Waals surface area contributed by atoms with Crippen LogP contribution in [-0.4, -0.2) is 29.8 Å². The third-order valence-electron chi connectivity index (χ3n) is 9.50. The second kappa shape index (κ2) is 5.81. The van der Waals surface area contributed by atoms with Crippen LogP contribution in [0.4, 0.5) is 0 Å². The molecule has 152 valence electrons. The van der Waals surface area contributed by atoms with Crippen LogP contribution in [0.5, 0.6) is 0 Å². The average molecular weight is 384 g/mol. The summed E-state index contributed by atoms with van der Waals surface area (Å²) >= 11 is 0. The van der Waals surface area contributed by atoms with E-state index in [2.05, 4.69) is 32.0 Å². The number of aliphatic hydroxyl groups is 1. The Labute approximate surface area is 168 Å². The number of oxime groups is 1. The lowest BCUT2D eigenvalue weighted by Crippen LogP contribution is -2.55. The molecule has 0 saturated heterocycles. The summed E-state index contributed by atoms with van der Waals surface area (Å²) in [5.41, 5.74) is 2.17. The smallest absolute Gasteiger partial charge is 0.155 e. The first-order chi connectivity index (χ1) is 13.3. The molecule has 4 nitrogen and oxygen atoms in total. The van der Waals surface area contributed by atoms with Crippen molar-refractivity contribution in [3.05, 3.63) is 23.3 Å². The summed E-state index contributed by atoms with van der Waals surface area (Å²) in [5, 5.41) is 15.9. The normalized spacial score (nSPS) is 51.6. The lowest BCUT2D eigenvalue weighted by molar-refractivity contribution is -0.116. The van der Waals surface area contributed by atoms with Gasteiger partial charge in [-0.3, -0.25) is 4.79 Å². The molecule has 2 unspecified atom stereocenters. The largest absolute Gasteiger partial charge is 0.399 e. The Bertz CT molecular complexity index is 813. The number of fused-ring (bicyclic) bond motifs is 7. The van der Waals surface area contributed by atoms with Gasteiger partial charge in [-0.2, -0.15) is 0 Å². The van der Waals surface area contributed by atoms with E-state index in [4.69, 9.17) is 4.84 Å². The number of carbonyl (C=O) groups is 1. The Morgan fingerprint density at radius 3 is 2.89 bits per heavy atom. The van der Waals surface area contributed by atoms with Crippen LogP contribution in [0.1, 0.15) is 59.3 Å². The molecule has 3 fully saturated rings. The summed E-state index contributed by atoms with van der Waals surface area (Å²) in [6.07, 6.45) is 11.7. The summed E-state index contributed by atoms with van der Waals surface area (Å²) in [7, 11) is 1.59. The number of carbonyl (C=O) groups excluding carboxylic acids is 1. The van der Waals surface area contributed by atoms with Crippen LogP contribution < -0.4 is 0 Å². The van der Waals surface area contributed by atoms with Gasteiger partial charge in [-0.15, -0.1) is 0 Å². The second-order valence-corrected chi connectivity index (χ2v) is 10.4. The lowest BCUT2D eigenvalue weighted by Gasteiger charge is -2.58. The molecule has 0 radical (unpaired) electrons. The van der Waals surface area contributed by atoms with Crippen molar-refractivity contribution in [3.8, 4) is 0 Å². The second-order valence-electron chi connectivity index (χ2n) is 10.4. The van der Waals surface area contributed by atoms with E-state index in [1.807, 2.05) is 12.3 Å². The van der Waals surface area contributed by atoms with E-state index in [1.54, 1.807) is 7.11 Å². The Hall–Kier alpha value is -1.42. The molecule has 1 N–H and O–H groups in total. The Balaban J connectivity index is 1.65. The Morgan fingerprint density at radius 2 is 2.18 bits per heavy atom. The molecular weight excluding hydrogens is 350 g/mol. The van der Waals surface area contributed by atoms with Crippen molar-refractivity contribution in [1.82, 2.24) is 0 Å². The summed E-state index contributed by atoms with van der Waals surface area (Å²) in [6.45, 7) is 6.84. The van der Waals surface area contributed by atoms with Crippen LogP contribution in [0.3, 0.4) is 0 Å². The minimum absolute atomic E-state index is 0.00533. The molecule has 5 aliphatic carbocycles. The first kappa shape index (κ1) is 18.6. The molecule has 5 aliphatic rings. The highest BCUT2D eigenvalue weighted by atomic mass is 16.6. The molecule has 0 heterocycles. The van der Waals surface area contributed by atoms with E-state index in [-0.39, 0.29) is 22.5 Å². The van der Waals surface area contributed by atoms with E-state index in [0.29, 0.717) is 30.1 Å². The third-order valence-corrected chi connectivity index (χ3v) is 9.50. The fourth-order valence-corrected chi connectivity index (χ4v) is 7.97. The van der Waals surface area contributed by atoms with E-state index in [9.17, 15) is 9.90 Å². The standard InChI is InChI=1S/C24H33NO3/c1-5-24(27)19-12-17(19)21-20-14(13-25-28-4)10-15-11-16(26)6-8-22(15,2)18(20)7-9-23(21,24)3/h7,11,13-14,17,19-21,27H,5-6,8-10,12H2,1-4H3/b25-13+/t14-,17+,19-,20?,21?,22-,23-,24-/m0/s1. The number of hydrogen-bond acceptors (Lipinski definition) is 4. The van der Waals surface area contributed by atoms with Crippen LogP contribution in [0.15, 0.2) is 28.5 Å². The van der Waals surface area contributed by atoms with Crippen LogP contribution in [0, 0.1) is 40.4 Å². The van der Waals surface area contributed by atoms with Gasteiger partial charge in [0.1, 0.15) is 7.11 Å². The zero-order chi connectivity index (χ0) is 19.9. The van der Waals surface area contributed by atoms with Crippen molar-refractivity contribution >= 4 is 12.0 Å². The van der Waals surface area contributed by atoms with Crippen molar-refractivity contribution in [2.75, 3.05) is 7.11 Å². The maximum absolute atomic E-state index is 12.2. The van der Waals surface area contributed by atoms with Crippen molar-refractivity contribution in [3.63, 3.8) is 0 Å². The molecule has 0 aromatic heterocycles. The SMILES string of the molecule is CC[C@]1(O)[C@H]2C[C@H]2C2C3C(=CC[C@@]21C)[C@@]1(C)CCC(=O)C=C1C[C@H]3/C=N/OC. The highest BCUT2D eigenvalue weighted by molar-refractivity contribution is 5.92. The average Bonchev–Trinajstić information content (AvgIpc) is 3.43. The van der Waals surface area contributed by atoms with Gasteiger partial charge in [0.05, 0.1) is 5.60 Å². The topological polar surface area (TPSA) is 58.9 Å². The zero-order valence-electron chi connectivity index (χ0n) is 17.6. The molecule has 0 aliphatic heterocycles. The Kier molecular flexibility index (Phi) is 3.86. The fraction of sp³-hybridized carbons (Fsp3) is 0.750. The number of nitrogens with zero attached hydrogens (tertiary/aromatic N) is 1. The van der Waals surface area contributed by atoms with Gasteiger partial charge in [-0.25, -0.2) is 0 Å². The molecule has 8 atom stereocenters. The molecular formula is C24H33NO3. The minimum atomic E-state index is -0.549. The number of rotatable bonds is 3. The molecule has 5 rings (SSSR count). The van der Waals surface area contributed by atoms with Gasteiger partial charge < -0.3 is 9.94 Å². The summed E-state index contributed by atoms with van der Waals surface area (Å²) in [5.74, 6) is 2.47. The number of ketones is 1. The van der Waals surface area contributed by atoms with Crippen LogP contribution in [-0.2, 0) is 9.63 Å². The van der Waals surface area contributed by atoms with Gasteiger partial charge in [0.25, 0.3) is 0 Å². The van der Waals surface area contributed by atoms with Crippen molar-refractivity contribution in [1.29, 1.82) is 0 Å². The van der Waals surface area contributed by atoms with Crippen LogP contribution in [0.25, 0.3) is 0 Å². The highest BCUT2D eigenvalue weighted by Crippen LogP contribution is 2.76. The molecule has 0 spiro atoms. The van der Waals surface area contributed by atoms with Gasteiger partial charge in [0.15, 0.2) is 5.78 Å². The third kappa shape index (κ3) is 2.10. The van der Waals surface area contributed by atoms with Gasteiger partial charge >= 0.3 is 0 Å². The first-order valence-corrected chi connectivity index (χ1v) is 11.0. The molecule has 4 heteroatoms. The fourth-order valence-electron chi connectivity index (χ4n) is 7.97. The van der Waals surface area contributed by atoms with Crippen molar-refractivity contribution in [2.24, 2.45) is 45.6 Å². The molecule has 0 bridgehead atoms. The van der Waals surface area contributed by atoms with Crippen molar-refractivity contribution < 1.29 is 14.7 Å². The van der Waals surface area contributed by atoms with Crippen LogP contribution in [0.2, 0.25) is 0 Å². The van der Waals surface area contributed by atoms with Gasteiger partial charge in [-0.05, 0) is 61.9 Å². The van der Waals surface area contributed by atoms with E-state index >= 15 is 0 Å². The number of hydrogen-bond donors (Lipinski definition) is 1. The zero-order valence-corrected chi connectivity index (χ0v) is 17.6. The summed E-state index contributed by atoms with van der Waals surface area (Å²) in [4.78, 5) is 17.2. The van der Waals surface area contributed by atoms with E-state index < -0.39 is 5.60 Å². The summed E-state index contributed by atoms with van der Waals surface area (Å²) in [6, 6.07) is 0. The predicted octanol–water partition coefficient (Wildman–Crippen LogP) is 4.29. The molecule has 0 amide bonds. The van der Waals surface area contributed by atoms with Gasteiger partial charge in [0, 0.05) is 29.4 Å². The molecule has 0 aromatic carbocycles. The molecule has 0 aromatic rings. The Morgan fingerprint density at radius 1 is 1.39 bits per heavy atom. The van der Waals surface area contributed by atoms with E-state index in [0.717, 1.165) is 25.7 Å². The quantitative estimate of drug-likeness (QED) is 0.449. The maximum Gasteiger partial charge on any atom is 0.155 e. The lowest BCUT2D eigenvalue weighted by atomic mass is 9.47. The predicted molar refractivity (Wildman–Crippen MR) is 109 cm³/mol. The first-order valence-electron chi connectivity index (χ1n) is 11.0. The molecule has 3 saturated carbocycles. The number of allylic oxidation sites excluding steroid dienone is 4. The van der Waals surface area contributed by atoms with Crippen LogP contribution >= 0.6 is 0 Å². The highest BCUT2D eigenvalue weighted by Gasteiger charge is 2.75. The monoisotopic (exact) mass is 383 g/mol. The molecule has 28 heavy (non-hydrogen) atoms. The van der Waals surface area contributed by atoms with Gasteiger partial charge in [-0.1, -0.05) is 43.1 Å². The maximum atomic E-state index is 12.2. The van der Waals surface area contributed by atoms with Gasteiger partial charge in [0.2, 0.25) is 0 Å².